The molecule has 0 saturated carbocycles. The fourth-order valence-corrected chi connectivity index (χ4v) is 3.58. The van der Waals surface area contributed by atoms with E-state index in [1.54, 1.807) is 0 Å². The lowest BCUT2D eigenvalue weighted by Crippen LogP contribution is -2.28. The molecule has 0 bridgehead atoms. The normalized spacial score (nSPS) is 17.3. The van der Waals surface area contributed by atoms with Crippen molar-refractivity contribution in [2.24, 2.45) is 4.99 Å². The Morgan fingerprint density at radius 2 is 1.54 bits per heavy atom. The van der Waals surface area contributed by atoms with Crippen molar-refractivity contribution in [3.05, 3.63) is 35.9 Å². The molecule has 1 aliphatic heterocycles. The Balaban J connectivity index is 1.61. The zero-order chi connectivity index (χ0) is 17.0. The maximum absolute atomic E-state index is 4.88. The monoisotopic (exact) mass is 328 g/mol. The topological polar surface area (TPSA) is 15.6 Å². The van der Waals surface area contributed by atoms with Gasteiger partial charge in [-0.15, -0.1) is 0 Å². The molecule has 0 radical (unpaired) electrons. The van der Waals surface area contributed by atoms with Crippen LogP contribution < -0.4 is 0 Å². The summed E-state index contributed by atoms with van der Waals surface area (Å²) in [5, 5.41) is 0. The number of amidine groups is 1. The van der Waals surface area contributed by atoms with Crippen LogP contribution in [-0.4, -0.2) is 23.3 Å². The Labute approximate surface area is 149 Å². The van der Waals surface area contributed by atoms with Crippen LogP contribution >= 0.6 is 0 Å². The fourth-order valence-electron chi connectivity index (χ4n) is 3.58. The van der Waals surface area contributed by atoms with Gasteiger partial charge in [-0.3, -0.25) is 4.99 Å². The highest BCUT2D eigenvalue weighted by Crippen LogP contribution is 2.18. The van der Waals surface area contributed by atoms with E-state index in [1.165, 1.54) is 69.2 Å². The van der Waals surface area contributed by atoms with Gasteiger partial charge in [0, 0.05) is 19.5 Å². The van der Waals surface area contributed by atoms with E-state index in [1.807, 2.05) is 0 Å². The first kappa shape index (κ1) is 19.0. The van der Waals surface area contributed by atoms with Crippen molar-refractivity contribution in [2.75, 3.05) is 6.54 Å². The van der Waals surface area contributed by atoms with E-state index < -0.39 is 0 Å². The quantitative estimate of drug-likeness (QED) is 0.416. The first-order valence-corrected chi connectivity index (χ1v) is 10.1. The molecule has 24 heavy (non-hydrogen) atoms. The minimum atomic E-state index is 0.460. The molecule has 0 aromatic heterocycles. The van der Waals surface area contributed by atoms with Gasteiger partial charge in [-0.2, -0.15) is 0 Å². The second kappa shape index (κ2) is 11.3. The van der Waals surface area contributed by atoms with E-state index in [2.05, 4.69) is 49.1 Å². The van der Waals surface area contributed by atoms with E-state index in [-0.39, 0.29) is 0 Å². The predicted octanol–water partition coefficient (Wildman–Crippen LogP) is 6.21. The third-order valence-corrected chi connectivity index (χ3v) is 4.94. The Bertz CT molecular complexity index is 466. The first-order chi connectivity index (χ1) is 11.8. The molecule has 0 aliphatic carbocycles. The molecule has 0 spiro atoms. The molecule has 2 rings (SSSR count). The highest BCUT2D eigenvalue weighted by molar-refractivity contribution is 5.84. The molecule has 1 heterocycles. The number of rotatable bonds is 12. The number of aliphatic imine (C=N–C) groups is 1. The van der Waals surface area contributed by atoms with Gasteiger partial charge in [0.15, 0.2) is 0 Å². The molecule has 134 valence electrons. The average Bonchev–Trinajstić information content (AvgIpc) is 2.93. The standard InChI is InChI=1S/C22H36N2/c1-3-4-5-6-7-8-9-10-14-17-22-23-20(2)18-24(22)19-21-15-12-11-13-16-21/h11-13,15-16,20H,3-10,14,17-19H2,1-2H3. The Hall–Kier alpha value is -1.31. The SMILES string of the molecule is CCCCCCCCCCCC1=NC(C)CN1Cc1ccccc1. The van der Waals surface area contributed by atoms with Crippen LogP contribution in [0.5, 0.6) is 0 Å². The van der Waals surface area contributed by atoms with Crippen molar-refractivity contribution in [1.29, 1.82) is 0 Å². The smallest absolute Gasteiger partial charge is 0.0996 e. The second-order valence-corrected chi connectivity index (χ2v) is 7.34. The Morgan fingerprint density at radius 3 is 2.21 bits per heavy atom. The number of hydrogen-bond donors (Lipinski definition) is 0. The van der Waals surface area contributed by atoms with Gasteiger partial charge in [0.05, 0.1) is 11.9 Å². The summed E-state index contributed by atoms with van der Waals surface area (Å²) in [5.41, 5.74) is 1.39. The van der Waals surface area contributed by atoms with Crippen LogP contribution in [0.15, 0.2) is 35.3 Å². The zero-order valence-corrected chi connectivity index (χ0v) is 15.8. The van der Waals surface area contributed by atoms with Crippen LogP contribution in [0.1, 0.15) is 83.6 Å². The average molecular weight is 329 g/mol. The molecule has 1 aromatic rings. The number of unbranched alkanes of at least 4 members (excludes halogenated alkanes) is 8. The third-order valence-electron chi connectivity index (χ3n) is 4.94. The summed E-state index contributed by atoms with van der Waals surface area (Å²) in [6.45, 7) is 6.62. The van der Waals surface area contributed by atoms with Crippen molar-refractivity contribution in [2.45, 2.75) is 90.6 Å². The summed E-state index contributed by atoms with van der Waals surface area (Å²) < 4.78 is 0. The van der Waals surface area contributed by atoms with Crippen LogP contribution in [0.2, 0.25) is 0 Å². The molecule has 0 fully saturated rings. The highest BCUT2D eigenvalue weighted by Gasteiger charge is 2.21. The van der Waals surface area contributed by atoms with Crippen molar-refractivity contribution in [3.8, 4) is 0 Å². The van der Waals surface area contributed by atoms with E-state index in [0.717, 1.165) is 19.5 Å². The van der Waals surface area contributed by atoms with Gasteiger partial charge in [-0.25, -0.2) is 0 Å². The summed E-state index contributed by atoms with van der Waals surface area (Å²) in [7, 11) is 0. The lowest BCUT2D eigenvalue weighted by Gasteiger charge is -2.21. The highest BCUT2D eigenvalue weighted by atomic mass is 15.2. The molecule has 1 aromatic carbocycles. The van der Waals surface area contributed by atoms with Crippen LogP contribution in [-0.2, 0) is 6.54 Å². The summed E-state index contributed by atoms with van der Waals surface area (Å²) in [6, 6.07) is 11.3. The molecule has 2 heteroatoms. The molecular weight excluding hydrogens is 292 g/mol. The molecular formula is C22H36N2. The maximum Gasteiger partial charge on any atom is 0.0996 e. The molecule has 1 aliphatic rings. The molecule has 1 atom stereocenters. The summed E-state index contributed by atoms with van der Waals surface area (Å²) in [5.74, 6) is 1.34. The van der Waals surface area contributed by atoms with Gasteiger partial charge in [-0.05, 0) is 18.9 Å². The van der Waals surface area contributed by atoms with Gasteiger partial charge >= 0.3 is 0 Å². The van der Waals surface area contributed by atoms with Crippen LogP contribution in [0.4, 0.5) is 0 Å². The molecule has 0 N–H and O–H groups in total. The third kappa shape index (κ3) is 7.07. The molecule has 0 amide bonds. The van der Waals surface area contributed by atoms with E-state index in [9.17, 15) is 0 Å². The molecule has 0 saturated heterocycles. The van der Waals surface area contributed by atoms with Crippen molar-refractivity contribution in [3.63, 3.8) is 0 Å². The molecule has 2 nitrogen and oxygen atoms in total. The van der Waals surface area contributed by atoms with Crippen LogP contribution in [0.25, 0.3) is 0 Å². The lowest BCUT2D eigenvalue weighted by molar-refractivity contribution is 0.417. The number of hydrogen-bond acceptors (Lipinski definition) is 2. The number of benzene rings is 1. The van der Waals surface area contributed by atoms with Crippen molar-refractivity contribution < 1.29 is 0 Å². The largest absolute Gasteiger partial charge is 0.354 e. The number of nitrogens with zero attached hydrogens (tertiary/aromatic N) is 2. The minimum absolute atomic E-state index is 0.460. The van der Waals surface area contributed by atoms with Crippen molar-refractivity contribution in [1.82, 2.24) is 4.90 Å². The van der Waals surface area contributed by atoms with E-state index in [4.69, 9.17) is 4.99 Å². The minimum Gasteiger partial charge on any atom is -0.354 e. The summed E-state index contributed by atoms with van der Waals surface area (Å²) in [4.78, 5) is 7.37. The maximum atomic E-state index is 4.88. The van der Waals surface area contributed by atoms with E-state index >= 15 is 0 Å². The molecule has 1 unspecified atom stereocenters. The van der Waals surface area contributed by atoms with Crippen molar-refractivity contribution >= 4 is 5.84 Å². The van der Waals surface area contributed by atoms with Gasteiger partial charge in [0.1, 0.15) is 0 Å². The van der Waals surface area contributed by atoms with E-state index in [0.29, 0.717) is 6.04 Å². The predicted molar refractivity (Wildman–Crippen MR) is 106 cm³/mol. The van der Waals surface area contributed by atoms with Gasteiger partial charge in [0.2, 0.25) is 0 Å². The van der Waals surface area contributed by atoms with Crippen LogP contribution in [0.3, 0.4) is 0 Å². The lowest BCUT2D eigenvalue weighted by atomic mass is 10.1. The zero-order valence-electron chi connectivity index (χ0n) is 15.8. The van der Waals surface area contributed by atoms with Gasteiger partial charge < -0.3 is 4.90 Å². The fraction of sp³-hybridized carbons (Fsp3) is 0.682. The van der Waals surface area contributed by atoms with Crippen LogP contribution in [0, 0.1) is 0 Å². The first-order valence-electron chi connectivity index (χ1n) is 10.1. The Morgan fingerprint density at radius 1 is 0.917 bits per heavy atom. The Kier molecular flexibility index (Phi) is 8.94. The summed E-state index contributed by atoms with van der Waals surface area (Å²) >= 11 is 0. The van der Waals surface area contributed by atoms with Gasteiger partial charge in [0.25, 0.3) is 0 Å². The second-order valence-electron chi connectivity index (χ2n) is 7.34. The summed E-state index contributed by atoms with van der Waals surface area (Å²) in [6.07, 6.45) is 13.7. The van der Waals surface area contributed by atoms with Gasteiger partial charge in [-0.1, -0.05) is 88.6 Å².